The van der Waals surface area contributed by atoms with Crippen LogP contribution in [0.2, 0.25) is 0 Å². The lowest BCUT2D eigenvalue weighted by Crippen LogP contribution is -2.28. The number of hydrogen-bond donors (Lipinski definition) is 0. The van der Waals surface area contributed by atoms with Crippen LogP contribution in [0.5, 0.6) is 5.75 Å². The lowest BCUT2D eigenvalue weighted by atomic mass is 9.84. The summed E-state index contributed by atoms with van der Waals surface area (Å²) in [5.74, 6) is 1.40. The van der Waals surface area contributed by atoms with Crippen LogP contribution in [-0.4, -0.2) is 20.3 Å². The molecule has 2 nitrogen and oxygen atoms in total. The third-order valence-electron chi connectivity index (χ3n) is 3.57. The molecular formula is C14H18BrFO2. The zero-order chi connectivity index (χ0) is 13.1. The molecule has 1 fully saturated rings. The molecule has 1 heterocycles. The van der Waals surface area contributed by atoms with Gasteiger partial charge in [-0.2, -0.15) is 0 Å². The van der Waals surface area contributed by atoms with E-state index in [-0.39, 0.29) is 10.6 Å². The van der Waals surface area contributed by atoms with Gasteiger partial charge in [0.1, 0.15) is 11.6 Å². The molecule has 100 valence electrons. The average Bonchev–Trinajstić information content (AvgIpc) is 2.38. The summed E-state index contributed by atoms with van der Waals surface area (Å²) in [6.07, 6.45) is 0.983. The summed E-state index contributed by atoms with van der Waals surface area (Å²) in [6, 6.07) is 4.67. The van der Waals surface area contributed by atoms with Crippen LogP contribution < -0.4 is 4.74 Å². The van der Waals surface area contributed by atoms with E-state index in [2.05, 4.69) is 22.9 Å². The van der Waals surface area contributed by atoms with Gasteiger partial charge in [-0.05, 0) is 36.5 Å². The van der Waals surface area contributed by atoms with Gasteiger partial charge < -0.3 is 9.47 Å². The minimum atomic E-state index is -0.227. The first-order valence-corrected chi connectivity index (χ1v) is 7.10. The maximum absolute atomic E-state index is 13.4. The molecule has 0 saturated carbocycles. The van der Waals surface area contributed by atoms with E-state index in [1.807, 2.05) is 0 Å². The molecule has 1 aromatic carbocycles. The van der Waals surface area contributed by atoms with Gasteiger partial charge in [-0.25, -0.2) is 4.39 Å². The van der Waals surface area contributed by atoms with Crippen molar-refractivity contribution in [3.05, 3.63) is 29.6 Å². The third-order valence-corrected chi connectivity index (χ3v) is 4.74. The molecule has 3 atom stereocenters. The molecule has 2 rings (SSSR count). The predicted molar refractivity (Wildman–Crippen MR) is 72.7 cm³/mol. The highest BCUT2D eigenvalue weighted by molar-refractivity contribution is 9.09. The second-order valence-corrected chi connectivity index (χ2v) is 5.78. The molecule has 0 radical (unpaired) electrons. The van der Waals surface area contributed by atoms with Gasteiger partial charge >= 0.3 is 0 Å². The number of rotatable bonds is 3. The van der Waals surface area contributed by atoms with Crippen molar-refractivity contribution in [3.8, 4) is 5.75 Å². The average molecular weight is 317 g/mol. The van der Waals surface area contributed by atoms with E-state index in [0.717, 1.165) is 30.9 Å². The fraction of sp³-hybridized carbons (Fsp3) is 0.571. The second kappa shape index (κ2) is 6.02. The summed E-state index contributed by atoms with van der Waals surface area (Å²) in [5, 5.41) is 0. The van der Waals surface area contributed by atoms with Crippen molar-refractivity contribution < 1.29 is 13.9 Å². The topological polar surface area (TPSA) is 18.5 Å². The molecule has 3 unspecified atom stereocenters. The Labute approximate surface area is 116 Å². The monoisotopic (exact) mass is 316 g/mol. The molecule has 1 aliphatic rings. The summed E-state index contributed by atoms with van der Waals surface area (Å²) >= 11 is 3.71. The summed E-state index contributed by atoms with van der Waals surface area (Å²) in [7, 11) is 1.61. The third kappa shape index (κ3) is 2.86. The first-order chi connectivity index (χ1) is 8.63. The van der Waals surface area contributed by atoms with Crippen molar-refractivity contribution in [3.63, 3.8) is 0 Å². The van der Waals surface area contributed by atoms with Crippen molar-refractivity contribution in [2.45, 2.75) is 18.2 Å². The summed E-state index contributed by atoms with van der Waals surface area (Å²) < 4.78 is 24.2. The van der Waals surface area contributed by atoms with Crippen LogP contribution in [0.15, 0.2) is 18.2 Å². The Kier molecular flexibility index (Phi) is 4.62. The predicted octanol–water partition coefficient (Wildman–Crippen LogP) is 3.94. The van der Waals surface area contributed by atoms with Crippen molar-refractivity contribution in [2.75, 3.05) is 20.3 Å². The Hall–Kier alpha value is -0.610. The SMILES string of the molecule is COc1ccc(F)cc1C(Br)C1CCOCC1C. The largest absolute Gasteiger partial charge is 0.496 e. The van der Waals surface area contributed by atoms with E-state index < -0.39 is 0 Å². The second-order valence-electron chi connectivity index (χ2n) is 4.79. The molecule has 1 aromatic rings. The fourth-order valence-electron chi connectivity index (χ4n) is 2.48. The quantitative estimate of drug-likeness (QED) is 0.786. The molecule has 0 amide bonds. The van der Waals surface area contributed by atoms with Crippen LogP contribution in [-0.2, 0) is 4.74 Å². The Morgan fingerprint density at radius 2 is 2.28 bits per heavy atom. The maximum Gasteiger partial charge on any atom is 0.123 e. The van der Waals surface area contributed by atoms with Crippen molar-refractivity contribution >= 4 is 15.9 Å². The molecule has 18 heavy (non-hydrogen) atoms. The number of ether oxygens (including phenoxy) is 2. The Bertz CT molecular complexity index is 411. The van der Waals surface area contributed by atoms with Crippen LogP contribution in [0.4, 0.5) is 4.39 Å². The highest BCUT2D eigenvalue weighted by Gasteiger charge is 2.30. The van der Waals surface area contributed by atoms with E-state index in [0.29, 0.717) is 11.8 Å². The highest BCUT2D eigenvalue weighted by Crippen LogP contribution is 2.43. The van der Waals surface area contributed by atoms with Gasteiger partial charge in [-0.15, -0.1) is 0 Å². The van der Waals surface area contributed by atoms with E-state index in [1.165, 1.54) is 6.07 Å². The Morgan fingerprint density at radius 1 is 1.50 bits per heavy atom. The van der Waals surface area contributed by atoms with Gasteiger partial charge in [0.25, 0.3) is 0 Å². The smallest absolute Gasteiger partial charge is 0.123 e. The van der Waals surface area contributed by atoms with Gasteiger partial charge in [-0.1, -0.05) is 22.9 Å². The Balaban J connectivity index is 2.26. The molecule has 0 spiro atoms. The standard InChI is InChI=1S/C14H18BrFO2/c1-9-8-18-6-5-11(9)14(15)12-7-10(16)3-4-13(12)17-2/h3-4,7,9,11,14H,5-6,8H2,1-2H3. The maximum atomic E-state index is 13.4. The van der Waals surface area contributed by atoms with Gasteiger partial charge in [0.15, 0.2) is 0 Å². The number of alkyl halides is 1. The van der Waals surface area contributed by atoms with Gasteiger partial charge in [-0.3, -0.25) is 0 Å². The molecule has 1 aliphatic heterocycles. The molecule has 0 aromatic heterocycles. The fourth-order valence-corrected chi connectivity index (χ4v) is 3.63. The minimum Gasteiger partial charge on any atom is -0.496 e. The molecule has 0 N–H and O–H groups in total. The highest BCUT2D eigenvalue weighted by atomic mass is 79.9. The number of hydrogen-bond acceptors (Lipinski definition) is 2. The zero-order valence-corrected chi connectivity index (χ0v) is 12.2. The molecule has 0 bridgehead atoms. The molecular weight excluding hydrogens is 299 g/mol. The lowest BCUT2D eigenvalue weighted by molar-refractivity contribution is 0.0239. The van der Waals surface area contributed by atoms with Crippen LogP contribution in [0, 0.1) is 17.7 Å². The number of methoxy groups -OCH3 is 1. The van der Waals surface area contributed by atoms with Crippen LogP contribution in [0.25, 0.3) is 0 Å². The Morgan fingerprint density at radius 3 is 2.94 bits per heavy atom. The molecule has 4 heteroatoms. The van der Waals surface area contributed by atoms with Crippen molar-refractivity contribution in [1.29, 1.82) is 0 Å². The summed E-state index contributed by atoms with van der Waals surface area (Å²) in [6.45, 7) is 3.71. The number of benzene rings is 1. The van der Waals surface area contributed by atoms with Crippen LogP contribution in [0.3, 0.4) is 0 Å². The first kappa shape index (κ1) is 13.8. The minimum absolute atomic E-state index is 0.0991. The summed E-state index contributed by atoms with van der Waals surface area (Å²) in [5.41, 5.74) is 0.885. The normalized spacial score (nSPS) is 25.8. The summed E-state index contributed by atoms with van der Waals surface area (Å²) in [4.78, 5) is 0.0991. The molecule has 0 aliphatic carbocycles. The first-order valence-electron chi connectivity index (χ1n) is 6.18. The van der Waals surface area contributed by atoms with Gasteiger partial charge in [0.05, 0.1) is 7.11 Å². The van der Waals surface area contributed by atoms with Crippen LogP contribution in [0.1, 0.15) is 23.7 Å². The van der Waals surface area contributed by atoms with E-state index in [9.17, 15) is 4.39 Å². The lowest BCUT2D eigenvalue weighted by Gasteiger charge is -2.33. The van der Waals surface area contributed by atoms with E-state index >= 15 is 0 Å². The van der Waals surface area contributed by atoms with Gasteiger partial charge in [0.2, 0.25) is 0 Å². The van der Waals surface area contributed by atoms with E-state index in [1.54, 1.807) is 19.2 Å². The molecule has 1 saturated heterocycles. The zero-order valence-electron chi connectivity index (χ0n) is 10.7. The van der Waals surface area contributed by atoms with Crippen LogP contribution >= 0.6 is 15.9 Å². The van der Waals surface area contributed by atoms with Crippen molar-refractivity contribution in [2.24, 2.45) is 11.8 Å². The van der Waals surface area contributed by atoms with Crippen molar-refractivity contribution in [1.82, 2.24) is 0 Å². The van der Waals surface area contributed by atoms with E-state index in [4.69, 9.17) is 9.47 Å². The number of halogens is 2. The van der Waals surface area contributed by atoms with Gasteiger partial charge in [0, 0.05) is 23.6 Å².